The van der Waals surface area contributed by atoms with Crippen LogP contribution < -0.4 is 25.5 Å². The second-order valence-corrected chi connectivity index (χ2v) is 12.1. The monoisotopic (exact) mass is 596 g/mol. The van der Waals surface area contributed by atoms with Crippen molar-refractivity contribution in [3.8, 4) is 11.5 Å². The zero-order valence-corrected chi connectivity index (χ0v) is 24.8. The number of rotatable bonds is 11. The molecule has 0 aliphatic carbocycles. The number of anilines is 1. The first-order valence-electron chi connectivity index (χ1n) is 12.9. The summed E-state index contributed by atoms with van der Waals surface area (Å²) in [5, 5.41) is 8.35. The van der Waals surface area contributed by atoms with Crippen LogP contribution in [0.1, 0.15) is 24.5 Å². The molecule has 0 aliphatic heterocycles. The molecule has 1 heterocycles. The second-order valence-electron chi connectivity index (χ2n) is 9.38. The van der Waals surface area contributed by atoms with E-state index in [4.69, 9.17) is 19.6 Å². The Morgan fingerprint density at radius 2 is 1.68 bits per heavy atom. The van der Waals surface area contributed by atoms with Crippen LogP contribution in [-0.4, -0.2) is 43.3 Å². The van der Waals surface area contributed by atoms with Gasteiger partial charge in [0.25, 0.3) is 5.56 Å². The summed E-state index contributed by atoms with van der Waals surface area (Å²) in [4.78, 5) is 31.8. The maximum atomic E-state index is 13.8. The van der Waals surface area contributed by atoms with E-state index in [1.807, 2.05) is 38.1 Å². The molecule has 0 bridgehead atoms. The van der Waals surface area contributed by atoms with Gasteiger partial charge in [-0.05, 0) is 55.7 Å². The number of methoxy groups -OCH3 is 2. The molecule has 0 fully saturated rings. The van der Waals surface area contributed by atoms with Crippen molar-refractivity contribution in [3.05, 3.63) is 82.1 Å². The highest BCUT2D eigenvalue weighted by molar-refractivity contribution is 8.00. The highest BCUT2D eigenvalue weighted by Gasteiger charge is 2.23. The van der Waals surface area contributed by atoms with Crippen molar-refractivity contribution >= 4 is 44.3 Å². The number of nitrogens with one attached hydrogen (secondary N) is 1. The number of fused-ring (bicyclic) bond motifs is 1. The number of sulfonamides is 1. The lowest BCUT2D eigenvalue weighted by Crippen LogP contribution is -2.28. The van der Waals surface area contributed by atoms with Crippen molar-refractivity contribution in [2.45, 2.75) is 48.5 Å². The fraction of sp³-hybridized carbons (Fsp3) is 0.276. The van der Waals surface area contributed by atoms with Gasteiger partial charge in [0, 0.05) is 18.3 Å². The van der Waals surface area contributed by atoms with Crippen LogP contribution in [0.5, 0.6) is 11.5 Å². The standard InChI is InChI=1S/C29H32N4O6S2/c1-5-26(27(34)31-20-10-6-18(2)7-11-20)40-29-32-23-17-25(39-4)24(38-3)16-22(23)28(35)33(29)15-14-19-8-12-21(13-9-19)41(30,36)37/h6-13,16-17,26H,5,14-15H2,1-4H3,(H,31,34)(H2,30,36,37)/t26-/m0/s1. The molecule has 0 unspecified atom stereocenters. The van der Waals surface area contributed by atoms with Crippen LogP contribution in [0.2, 0.25) is 0 Å². The Kier molecular flexibility index (Phi) is 9.36. The average Bonchev–Trinajstić information content (AvgIpc) is 2.95. The Labute approximate surface area is 242 Å². The number of hydrogen-bond donors (Lipinski definition) is 2. The minimum Gasteiger partial charge on any atom is -0.493 e. The Hall–Kier alpha value is -3.87. The van der Waals surface area contributed by atoms with Gasteiger partial charge in [0.05, 0.1) is 35.3 Å². The molecule has 3 aromatic carbocycles. The van der Waals surface area contributed by atoms with Crippen molar-refractivity contribution in [2.75, 3.05) is 19.5 Å². The zero-order chi connectivity index (χ0) is 29.7. The lowest BCUT2D eigenvalue weighted by Gasteiger charge is -2.19. The van der Waals surface area contributed by atoms with Crippen molar-refractivity contribution in [2.24, 2.45) is 5.14 Å². The van der Waals surface area contributed by atoms with E-state index in [2.05, 4.69) is 5.32 Å². The molecule has 0 radical (unpaired) electrons. The third-order valence-corrected chi connectivity index (χ3v) is 8.81. The van der Waals surface area contributed by atoms with Crippen LogP contribution in [0.4, 0.5) is 5.69 Å². The van der Waals surface area contributed by atoms with E-state index in [0.717, 1.165) is 11.1 Å². The van der Waals surface area contributed by atoms with Crippen LogP contribution in [0.25, 0.3) is 10.9 Å². The number of ether oxygens (including phenoxy) is 2. The first kappa shape index (κ1) is 30.1. The maximum absolute atomic E-state index is 13.8. The quantitative estimate of drug-likeness (QED) is 0.194. The minimum atomic E-state index is -3.81. The molecule has 0 saturated heterocycles. The number of aromatic nitrogens is 2. The van der Waals surface area contributed by atoms with E-state index in [-0.39, 0.29) is 22.9 Å². The first-order valence-corrected chi connectivity index (χ1v) is 15.3. The average molecular weight is 597 g/mol. The van der Waals surface area contributed by atoms with Gasteiger partial charge < -0.3 is 14.8 Å². The molecule has 10 nitrogen and oxygen atoms in total. The van der Waals surface area contributed by atoms with Crippen molar-refractivity contribution in [1.29, 1.82) is 0 Å². The molecule has 1 amide bonds. The minimum absolute atomic E-state index is 0.00783. The van der Waals surface area contributed by atoms with Crippen LogP contribution in [-0.2, 0) is 27.8 Å². The Morgan fingerprint density at radius 3 is 2.27 bits per heavy atom. The molecule has 3 N–H and O–H groups in total. The molecule has 0 saturated carbocycles. The van der Waals surface area contributed by atoms with E-state index < -0.39 is 15.3 Å². The number of hydrogen-bond acceptors (Lipinski definition) is 8. The first-order chi connectivity index (χ1) is 19.5. The van der Waals surface area contributed by atoms with Gasteiger partial charge in [-0.1, -0.05) is 48.5 Å². The zero-order valence-electron chi connectivity index (χ0n) is 23.2. The molecule has 0 spiro atoms. The van der Waals surface area contributed by atoms with E-state index in [1.54, 1.807) is 24.3 Å². The van der Waals surface area contributed by atoms with Gasteiger partial charge >= 0.3 is 0 Å². The van der Waals surface area contributed by atoms with Crippen LogP contribution in [0.3, 0.4) is 0 Å². The second kappa shape index (κ2) is 12.8. The van der Waals surface area contributed by atoms with Gasteiger partial charge in [0.1, 0.15) is 0 Å². The Bertz CT molecular complexity index is 1720. The number of primary sulfonamides is 1. The summed E-state index contributed by atoms with van der Waals surface area (Å²) >= 11 is 1.21. The SMILES string of the molecule is CC[C@H](Sc1nc2cc(OC)c(OC)cc2c(=O)n1CCc1ccc(S(N)(=O)=O)cc1)C(=O)Nc1ccc(C)cc1. The highest BCUT2D eigenvalue weighted by atomic mass is 32.2. The number of carbonyl (C=O) groups excluding carboxylic acids is 1. The summed E-state index contributed by atoms with van der Waals surface area (Å²) < 4.78 is 35.6. The molecular formula is C29H32N4O6S2. The number of carbonyl (C=O) groups is 1. The number of thioether (sulfide) groups is 1. The number of nitrogens with zero attached hydrogens (tertiary/aromatic N) is 2. The van der Waals surface area contributed by atoms with E-state index >= 15 is 0 Å². The topological polar surface area (TPSA) is 143 Å². The van der Waals surface area contributed by atoms with Gasteiger partial charge in [-0.2, -0.15) is 0 Å². The van der Waals surface area contributed by atoms with Crippen molar-refractivity contribution < 1.29 is 22.7 Å². The third-order valence-electron chi connectivity index (χ3n) is 6.53. The Morgan fingerprint density at radius 1 is 1.05 bits per heavy atom. The normalized spacial score (nSPS) is 12.2. The molecule has 1 aromatic heterocycles. The summed E-state index contributed by atoms with van der Waals surface area (Å²) in [6.45, 7) is 4.11. The van der Waals surface area contributed by atoms with Gasteiger partial charge in [0.2, 0.25) is 15.9 Å². The Balaban J connectivity index is 1.71. The number of aryl methyl sites for hydroxylation is 2. The number of amides is 1. The lowest BCUT2D eigenvalue weighted by atomic mass is 10.1. The van der Waals surface area contributed by atoms with Gasteiger partial charge in [0.15, 0.2) is 16.7 Å². The maximum Gasteiger partial charge on any atom is 0.262 e. The lowest BCUT2D eigenvalue weighted by molar-refractivity contribution is -0.115. The van der Waals surface area contributed by atoms with Crippen LogP contribution >= 0.6 is 11.8 Å². The third kappa shape index (κ3) is 7.07. The number of benzene rings is 3. The van der Waals surface area contributed by atoms with E-state index in [0.29, 0.717) is 46.1 Å². The number of nitrogens with two attached hydrogens (primary N) is 1. The molecule has 41 heavy (non-hydrogen) atoms. The van der Waals surface area contributed by atoms with Gasteiger partial charge in [-0.25, -0.2) is 18.5 Å². The molecule has 216 valence electrons. The fourth-order valence-corrected chi connectivity index (χ4v) is 5.77. The van der Waals surface area contributed by atoms with E-state index in [9.17, 15) is 18.0 Å². The summed E-state index contributed by atoms with van der Waals surface area (Å²) in [6.07, 6.45) is 0.905. The molecule has 4 rings (SSSR count). The predicted molar refractivity (Wildman–Crippen MR) is 160 cm³/mol. The van der Waals surface area contributed by atoms with E-state index in [1.165, 1.54) is 42.7 Å². The summed E-state index contributed by atoms with van der Waals surface area (Å²) in [5.74, 6) is 0.626. The largest absolute Gasteiger partial charge is 0.493 e. The molecular weight excluding hydrogens is 564 g/mol. The molecule has 4 aromatic rings. The molecule has 0 aliphatic rings. The summed E-state index contributed by atoms with van der Waals surface area (Å²) in [6, 6.07) is 16.9. The molecule has 1 atom stereocenters. The van der Waals surface area contributed by atoms with Gasteiger partial charge in [-0.3, -0.25) is 14.2 Å². The highest BCUT2D eigenvalue weighted by Crippen LogP contribution is 2.32. The van der Waals surface area contributed by atoms with Crippen molar-refractivity contribution in [3.63, 3.8) is 0 Å². The van der Waals surface area contributed by atoms with Crippen molar-refractivity contribution in [1.82, 2.24) is 9.55 Å². The predicted octanol–water partition coefficient (Wildman–Crippen LogP) is 4.12. The van der Waals surface area contributed by atoms with Crippen LogP contribution in [0.15, 0.2) is 75.5 Å². The van der Waals surface area contributed by atoms with Gasteiger partial charge in [-0.15, -0.1) is 0 Å². The smallest absolute Gasteiger partial charge is 0.262 e. The molecule has 12 heteroatoms. The fourth-order valence-electron chi connectivity index (χ4n) is 4.21. The van der Waals surface area contributed by atoms with Crippen LogP contribution in [0, 0.1) is 6.92 Å². The summed E-state index contributed by atoms with van der Waals surface area (Å²) in [7, 11) is -0.821. The summed E-state index contributed by atoms with van der Waals surface area (Å²) in [5.41, 5.74) is 2.69.